The highest BCUT2D eigenvalue weighted by Gasteiger charge is 2.40. The number of nitrogens with one attached hydrogen (secondary N) is 1. The van der Waals surface area contributed by atoms with Gasteiger partial charge in [-0.2, -0.15) is 0 Å². The lowest BCUT2D eigenvalue weighted by molar-refractivity contribution is -0.127. The van der Waals surface area contributed by atoms with E-state index in [1.54, 1.807) is 0 Å². The Morgan fingerprint density at radius 1 is 1.24 bits per heavy atom. The molecule has 1 saturated heterocycles. The van der Waals surface area contributed by atoms with Gasteiger partial charge in [-0.1, -0.05) is 32.0 Å². The number of ketones is 1. The normalized spacial score (nSPS) is 26.1. The molecule has 2 atom stereocenters. The van der Waals surface area contributed by atoms with Crippen molar-refractivity contribution in [3.63, 3.8) is 0 Å². The molecule has 3 nitrogen and oxygen atoms in total. The molecule has 2 aromatic rings. The minimum absolute atomic E-state index is 0.259. The van der Waals surface area contributed by atoms with E-state index >= 15 is 0 Å². The predicted molar refractivity (Wildman–Crippen MR) is 84.3 cm³/mol. The maximum Gasteiger partial charge on any atom is 0.136 e. The van der Waals surface area contributed by atoms with Gasteiger partial charge in [0.2, 0.25) is 0 Å². The summed E-state index contributed by atoms with van der Waals surface area (Å²) in [5.74, 6) is 0.948. The fourth-order valence-corrected chi connectivity index (χ4v) is 4.22. The van der Waals surface area contributed by atoms with Crippen LogP contribution in [-0.2, 0) is 11.2 Å². The Labute approximate surface area is 125 Å². The Balaban J connectivity index is 1.82. The van der Waals surface area contributed by atoms with Gasteiger partial charge >= 0.3 is 0 Å². The summed E-state index contributed by atoms with van der Waals surface area (Å²) in [5.41, 5.74) is 3.94. The number of benzene rings is 1. The Hall–Kier alpha value is -1.61. The molecule has 0 saturated carbocycles. The number of hydrogen-bond donors (Lipinski definition) is 1. The summed E-state index contributed by atoms with van der Waals surface area (Å²) in [6.07, 6.45) is 2.49. The van der Waals surface area contributed by atoms with Crippen LogP contribution in [0.3, 0.4) is 0 Å². The molecule has 0 spiro atoms. The van der Waals surface area contributed by atoms with Crippen LogP contribution in [0.2, 0.25) is 0 Å². The van der Waals surface area contributed by atoms with Crippen molar-refractivity contribution >= 4 is 16.7 Å². The number of aromatic amines is 1. The third-order valence-electron chi connectivity index (χ3n) is 5.25. The SMILES string of the molecule is CC(C)[C@@H]1CC(=O)C[C@@H]2c3[nH]c4ccccc4c3CCN21. The highest BCUT2D eigenvalue weighted by atomic mass is 16.1. The first-order valence-electron chi connectivity index (χ1n) is 8.02. The number of fused-ring (bicyclic) bond motifs is 5. The van der Waals surface area contributed by atoms with E-state index in [0.717, 1.165) is 19.4 Å². The van der Waals surface area contributed by atoms with E-state index in [9.17, 15) is 4.79 Å². The zero-order valence-electron chi connectivity index (χ0n) is 12.7. The molecule has 2 aliphatic rings. The summed E-state index contributed by atoms with van der Waals surface area (Å²) in [7, 11) is 0. The zero-order chi connectivity index (χ0) is 14.6. The highest BCUT2D eigenvalue weighted by molar-refractivity contribution is 5.86. The van der Waals surface area contributed by atoms with Gasteiger partial charge in [0.1, 0.15) is 5.78 Å². The van der Waals surface area contributed by atoms with Crippen molar-refractivity contribution in [1.29, 1.82) is 0 Å². The summed E-state index contributed by atoms with van der Waals surface area (Å²) < 4.78 is 0. The summed E-state index contributed by atoms with van der Waals surface area (Å²) >= 11 is 0. The number of piperidine rings is 1. The van der Waals surface area contributed by atoms with Crippen LogP contribution >= 0.6 is 0 Å². The molecule has 1 aromatic carbocycles. The number of H-pyrrole nitrogens is 1. The van der Waals surface area contributed by atoms with Crippen molar-refractivity contribution in [2.24, 2.45) is 5.92 Å². The monoisotopic (exact) mass is 282 g/mol. The average Bonchev–Trinajstić information content (AvgIpc) is 2.85. The standard InChI is InChI=1S/C18H22N2O/c1-11(2)16-9-12(21)10-17-18-14(7-8-20(16)17)13-5-3-4-6-15(13)19-18/h3-6,11,16-17,19H,7-10H2,1-2H3/t16-,17+/m0/s1. The number of rotatable bonds is 1. The second-order valence-electron chi connectivity index (χ2n) is 6.82. The Bertz CT molecular complexity index is 700. The molecule has 110 valence electrons. The topological polar surface area (TPSA) is 36.1 Å². The van der Waals surface area contributed by atoms with Crippen LogP contribution in [0.1, 0.15) is 44.0 Å². The number of aromatic nitrogens is 1. The Kier molecular flexibility index (Phi) is 2.93. The first-order chi connectivity index (χ1) is 10.1. The molecule has 1 aromatic heterocycles. The number of carbonyl (C=O) groups excluding carboxylic acids is 1. The number of hydrogen-bond acceptors (Lipinski definition) is 2. The van der Waals surface area contributed by atoms with Gasteiger partial charge in [0, 0.05) is 42.0 Å². The Morgan fingerprint density at radius 2 is 2.05 bits per heavy atom. The van der Waals surface area contributed by atoms with Crippen molar-refractivity contribution < 1.29 is 4.79 Å². The molecule has 3 heterocycles. The lowest BCUT2D eigenvalue weighted by Crippen LogP contribution is -2.50. The zero-order valence-corrected chi connectivity index (χ0v) is 12.7. The smallest absolute Gasteiger partial charge is 0.136 e. The van der Waals surface area contributed by atoms with Gasteiger partial charge in [-0.05, 0) is 24.0 Å². The van der Waals surface area contributed by atoms with Crippen LogP contribution in [0.25, 0.3) is 10.9 Å². The maximum atomic E-state index is 12.2. The summed E-state index contributed by atoms with van der Waals surface area (Å²) in [5, 5.41) is 1.34. The fraction of sp³-hybridized carbons (Fsp3) is 0.500. The molecule has 21 heavy (non-hydrogen) atoms. The number of carbonyl (C=O) groups is 1. The van der Waals surface area contributed by atoms with Gasteiger partial charge in [-0.15, -0.1) is 0 Å². The number of nitrogens with zero attached hydrogens (tertiary/aromatic N) is 1. The molecule has 0 bridgehead atoms. The number of para-hydroxylation sites is 1. The minimum Gasteiger partial charge on any atom is -0.357 e. The highest BCUT2D eigenvalue weighted by Crippen LogP contribution is 2.41. The molecule has 0 unspecified atom stereocenters. The Morgan fingerprint density at radius 3 is 2.86 bits per heavy atom. The van der Waals surface area contributed by atoms with Crippen molar-refractivity contribution in [2.45, 2.75) is 45.2 Å². The first-order valence-corrected chi connectivity index (χ1v) is 8.02. The average molecular weight is 282 g/mol. The molecule has 0 radical (unpaired) electrons. The van der Waals surface area contributed by atoms with Gasteiger partial charge in [-0.25, -0.2) is 0 Å². The van der Waals surface area contributed by atoms with E-state index in [0.29, 0.717) is 24.2 Å². The van der Waals surface area contributed by atoms with E-state index in [4.69, 9.17) is 0 Å². The first kappa shape index (κ1) is 13.1. The van der Waals surface area contributed by atoms with Crippen LogP contribution < -0.4 is 0 Å². The second-order valence-corrected chi connectivity index (χ2v) is 6.82. The summed E-state index contributed by atoms with van der Waals surface area (Å²) in [6, 6.07) is 9.18. The van der Waals surface area contributed by atoms with Gasteiger partial charge in [-0.3, -0.25) is 9.69 Å². The molecule has 4 rings (SSSR count). The van der Waals surface area contributed by atoms with Crippen molar-refractivity contribution in [3.8, 4) is 0 Å². The van der Waals surface area contributed by atoms with Crippen molar-refractivity contribution in [3.05, 3.63) is 35.5 Å². The maximum absolute atomic E-state index is 12.2. The summed E-state index contributed by atoms with van der Waals surface area (Å²) in [4.78, 5) is 18.4. The molecule has 1 N–H and O–H groups in total. The molecule has 2 aliphatic heterocycles. The van der Waals surface area contributed by atoms with E-state index in [2.05, 4.69) is 48.0 Å². The lowest BCUT2D eigenvalue weighted by atomic mass is 9.83. The minimum atomic E-state index is 0.259. The second kappa shape index (κ2) is 4.70. The molecule has 1 fully saturated rings. The van der Waals surface area contributed by atoms with Crippen LogP contribution in [0.15, 0.2) is 24.3 Å². The summed E-state index contributed by atoms with van der Waals surface area (Å²) in [6.45, 7) is 5.55. The van der Waals surface area contributed by atoms with E-state index in [-0.39, 0.29) is 6.04 Å². The van der Waals surface area contributed by atoms with Crippen molar-refractivity contribution in [2.75, 3.05) is 6.54 Å². The van der Waals surface area contributed by atoms with E-state index in [1.807, 2.05) is 0 Å². The van der Waals surface area contributed by atoms with Crippen molar-refractivity contribution in [1.82, 2.24) is 9.88 Å². The largest absolute Gasteiger partial charge is 0.357 e. The van der Waals surface area contributed by atoms with Crippen LogP contribution in [0.4, 0.5) is 0 Å². The third-order valence-corrected chi connectivity index (χ3v) is 5.25. The van der Waals surface area contributed by atoms with Crippen LogP contribution in [-0.4, -0.2) is 28.3 Å². The molecule has 0 amide bonds. The van der Waals surface area contributed by atoms with Gasteiger partial charge in [0.15, 0.2) is 0 Å². The quantitative estimate of drug-likeness (QED) is 0.869. The molecular weight excluding hydrogens is 260 g/mol. The molecular formula is C18H22N2O. The van der Waals surface area contributed by atoms with Gasteiger partial charge in [0.05, 0.1) is 6.04 Å². The van der Waals surface area contributed by atoms with Gasteiger partial charge < -0.3 is 4.98 Å². The van der Waals surface area contributed by atoms with E-state index < -0.39 is 0 Å². The lowest BCUT2D eigenvalue weighted by Gasteiger charge is -2.45. The third kappa shape index (κ3) is 1.95. The molecule has 3 heteroatoms. The molecule has 0 aliphatic carbocycles. The van der Waals surface area contributed by atoms with E-state index in [1.165, 1.54) is 22.2 Å². The fourth-order valence-electron chi connectivity index (χ4n) is 4.22. The number of Topliss-reactive ketones (excluding diaryl/α,β-unsaturated/α-hetero) is 1. The van der Waals surface area contributed by atoms with Crippen LogP contribution in [0, 0.1) is 5.92 Å². The predicted octanol–water partition coefficient (Wildman–Crippen LogP) is 3.45. The van der Waals surface area contributed by atoms with Crippen LogP contribution in [0.5, 0.6) is 0 Å². The van der Waals surface area contributed by atoms with Gasteiger partial charge in [0.25, 0.3) is 0 Å².